The van der Waals surface area contributed by atoms with E-state index in [4.69, 9.17) is 4.74 Å². The number of piperidine rings is 1. The molecular formula is C31H39FN2O3S. The standard InChI is InChI=1S/C31H39FN2O3S/c1-22-5-3-6-26(19-22)38-18-4-16-34-17-14-23(24(21-34)8-12-31(35)36)7-10-29(32)27-13-15-33-30-11-9-25(37-2)20-28(27)30/h3,5-6,9,11,13,15,19-20,23-24,29H,4,7-8,10,12,14,16-18,21H2,1-2H3,(H,35,36)/t23-,24+,29?/m1/s1. The minimum Gasteiger partial charge on any atom is -0.497 e. The summed E-state index contributed by atoms with van der Waals surface area (Å²) in [5, 5.41) is 10.1. The zero-order chi connectivity index (χ0) is 26.9. The fraction of sp³-hybridized carbons (Fsp3) is 0.484. The Morgan fingerprint density at radius 3 is 2.87 bits per heavy atom. The van der Waals surface area contributed by atoms with Gasteiger partial charge in [-0.2, -0.15) is 0 Å². The number of nitrogens with zero attached hydrogens (tertiary/aromatic N) is 2. The SMILES string of the molecule is COc1ccc2nccc(C(F)CC[C@@H]3CCN(CCCSc4cccc(C)c4)C[C@@H]3CCC(=O)O)c2c1. The average Bonchev–Trinajstić information content (AvgIpc) is 2.92. The molecule has 2 heterocycles. The van der Waals surface area contributed by atoms with Crippen LogP contribution in [0.15, 0.2) is 59.6 Å². The van der Waals surface area contributed by atoms with Gasteiger partial charge in [-0.05, 0) is 112 Å². The Balaban J connectivity index is 1.32. The van der Waals surface area contributed by atoms with Crippen molar-refractivity contribution in [2.45, 2.75) is 56.5 Å². The molecule has 1 unspecified atom stereocenters. The number of carboxylic acids is 1. The van der Waals surface area contributed by atoms with E-state index in [1.807, 2.05) is 30.0 Å². The summed E-state index contributed by atoms with van der Waals surface area (Å²) < 4.78 is 20.9. The van der Waals surface area contributed by atoms with E-state index in [0.717, 1.165) is 55.6 Å². The molecule has 0 bridgehead atoms. The number of carbonyl (C=O) groups is 1. The molecule has 1 aliphatic heterocycles. The smallest absolute Gasteiger partial charge is 0.303 e. The highest BCUT2D eigenvalue weighted by Crippen LogP contribution is 2.36. The van der Waals surface area contributed by atoms with Crippen LogP contribution in [0, 0.1) is 18.8 Å². The summed E-state index contributed by atoms with van der Waals surface area (Å²) in [6.45, 7) is 5.04. The van der Waals surface area contributed by atoms with Crippen LogP contribution in [-0.4, -0.2) is 53.5 Å². The van der Waals surface area contributed by atoms with Crippen molar-refractivity contribution in [2.24, 2.45) is 11.8 Å². The summed E-state index contributed by atoms with van der Waals surface area (Å²) in [5.41, 5.74) is 2.70. The van der Waals surface area contributed by atoms with Crippen molar-refractivity contribution in [3.05, 3.63) is 65.9 Å². The summed E-state index contributed by atoms with van der Waals surface area (Å²) in [5.74, 6) is 1.63. The molecule has 0 saturated carbocycles. The summed E-state index contributed by atoms with van der Waals surface area (Å²) in [7, 11) is 1.61. The van der Waals surface area contributed by atoms with Gasteiger partial charge in [0.2, 0.25) is 0 Å². The average molecular weight is 539 g/mol. The highest BCUT2D eigenvalue weighted by atomic mass is 32.2. The second-order valence-electron chi connectivity index (χ2n) is 10.4. The lowest BCUT2D eigenvalue weighted by atomic mass is 9.79. The Bertz CT molecular complexity index is 1210. The third kappa shape index (κ3) is 7.93. The van der Waals surface area contributed by atoms with Crippen LogP contribution < -0.4 is 4.74 Å². The van der Waals surface area contributed by atoms with Gasteiger partial charge in [0.05, 0.1) is 12.6 Å². The molecular weight excluding hydrogens is 499 g/mol. The number of ether oxygens (including phenoxy) is 1. The topological polar surface area (TPSA) is 62.7 Å². The van der Waals surface area contributed by atoms with E-state index < -0.39 is 12.1 Å². The number of fused-ring (bicyclic) bond motifs is 1. The minimum absolute atomic E-state index is 0.173. The van der Waals surface area contributed by atoms with E-state index in [1.165, 1.54) is 10.5 Å². The molecule has 38 heavy (non-hydrogen) atoms. The first-order valence-electron chi connectivity index (χ1n) is 13.6. The first-order valence-corrected chi connectivity index (χ1v) is 14.6. The number of rotatable bonds is 13. The van der Waals surface area contributed by atoms with Gasteiger partial charge in [-0.15, -0.1) is 11.8 Å². The molecule has 1 N–H and O–H groups in total. The molecule has 1 aromatic heterocycles. The van der Waals surface area contributed by atoms with Crippen LogP contribution in [0.2, 0.25) is 0 Å². The van der Waals surface area contributed by atoms with Crippen molar-refractivity contribution in [1.82, 2.24) is 9.88 Å². The fourth-order valence-corrected chi connectivity index (χ4v) is 6.57. The van der Waals surface area contributed by atoms with Crippen molar-refractivity contribution in [1.29, 1.82) is 0 Å². The number of hydrogen-bond donors (Lipinski definition) is 1. The predicted molar refractivity (Wildman–Crippen MR) is 153 cm³/mol. The van der Waals surface area contributed by atoms with Gasteiger partial charge in [0.15, 0.2) is 0 Å². The number of aliphatic carboxylic acids is 1. The van der Waals surface area contributed by atoms with Crippen LogP contribution in [0.3, 0.4) is 0 Å². The first-order chi connectivity index (χ1) is 18.4. The quantitative estimate of drug-likeness (QED) is 0.182. The van der Waals surface area contributed by atoms with Gasteiger partial charge in [-0.25, -0.2) is 4.39 Å². The lowest BCUT2D eigenvalue weighted by Gasteiger charge is -2.39. The number of aromatic nitrogens is 1. The van der Waals surface area contributed by atoms with Gasteiger partial charge in [-0.3, -0.25) is 9.78 Å². The molecule has 1 fully saturated rings. The van der Waals surface area contributed by atoms with Crippen LogP contribution in [0.4, 0.5) is 4.39 Å². The Morgan fingerprint density at radius 1 is 1.21 bits per heavy atom. The van der Waals surface area contributed by atoms with Crippen LogP contribution in [-0.2, 0) is 4.79 Å². The van der Waals surface area contributed by atoms with Crippen LogP contribution in [0.1, 0.15) is 55.8 Å². The van der Waals surface area contributed by atoms with Gasteiger partial charge < -0.3 is 14.7 Å². The van der Waals surface area contributed by atoms with Gasteiger partial charge >= 0.3 is 5.97 Å². The zero-order valence-electron chi connectivity index (χ0n) is 22.4. The van der Waals surface area contributed by atoms with E-state index in [0.29, 0.717) is 30.1 Å². The predicted octanol–water partition coefficient (Wildman–Crippen LogP) is 7.33. The summed E-state index contributed by atoms with van der Waals surface area (Å²) in [4.78, 5) is 19.5. The Morgan fingerprint density at radius 2 is 2.08 bits per heavy atom. The number of methoxy groups -OCH3 is 1. The molecule has 0 amide bonds. The van der Waals surface area contributed by atoms with Gasteiger partial charge in [-0.1, -0.05) is 17.7 Å². The highest BCUT2D eigenvalue weighted by molar-refractivity contribution is 7.99. The second-order valence-corrected chi connectivity index (χ2v) is 11.6. The highest BCUT2D eigenvalue weighted by Gasteiger charge is 2.30. The van der Waals surface area contributed by atoms with Crippen LogP contribution in [0.25, 0.3) is 10.9 Å². The third-order valence-electron chi connectivity index (χ3n) is 7.69. The molecule has 2 aromatic carbocycles. The Kier molecular flexibility index (Phi) is 10.4. The molecule has 0 aliphatic carbocycles. The number of pyridine rings is 1. The molecule has 1 saturated heterocycles. The normalized spacial score (nSPS) is 18.9. The number of benzene rings is 2. The van der Waals surface area contributed by atoms with Crippen molar-refractivity contribution in [3.63, 3.8) is 0 Å². The van der Waals surface area contributed by atoms with E-state index in [9.17, 15) is 9.90 Å². The number of aryl methyl sites for hydroxylation is 1. The number of likely N-dealkylation sites (tertiary alicyclic amines) is 1. The van der Waals surface area contributed by atoms with Crippen molar-refractivity contribution >= 4 is 28.6 Å². The number of carboxylic acid groups (broad SMARTS) is 1. The van der Waals surface area contributed by atoms with E-state index in [1.54, 1.807) is 19.4 Å². The lowest BCUT2D eigenvalue weighted by Crippen LogP contribution is -2.41. The van der Waals surface area contributed by atoms with Crippen LogP contribution in [0.5, 0.6) is 5.75 Å². The molecule has 3 aromatic rings. The third-order valence-corrected chi connectivity index (χ3v) is 8.77. The molecule has 204 valence electrons. The second kappa shape index (κ2) is 13.9. The van der Waals surface area contributed by atoms with Crippen molar-refractivity contribution < 1.29 is 19.0 Å². The monoisotopic (exact) mass is 538 g/mol. The number of hydrogen-bond acceptors (Lipinski definition) is 5. The fourth-order valence-electron chi connectivity index (χ4n) is 5.62. The van der Waals surface area contributed by atoms with Crippen molar-refractivity contribution in [2.75, 3.05) is 32.5 Å². The van der Waals surface area contributed by atoms with E-state index in [2.05, 4.69) is 41.1 Å². The molecule has 1 aliphatic rings. The zero-order valence-corrected chi connectivity index (χ0v) is 23.3. The minimum atomic E-state index is -1.09. The number of thioether (sulfide) groups is 1. The first kappa shape index (κ1) is 28.4. The van der Waals surface area contributed by atoms with Gasteiger partial charge in [0.1, 0.15) is 11.9 Å². The largest absolute Gasteiger partial charge is 0.497 e. The van der Waals surface area contributed by atoms with E-state index >= 15 is 4.39 Å². The number of halogens is 1. The maximum Gasteiger partial charge on any atom is 0.303 e. The van der Waals surface area contributed by atoms with E-state index in [-0.39, 0.29) is 12.3 Å². The molecule has 0 radical (unpaired) electrons. The molecule has 3 atom stereocenters. The molecule has 4 rings (SSSR count). The number of alkyl halides is 1. The molecule has 7 heteroatoms. The maximum absolute atomic E-state index is 15.6. The van der Waals surface area contributed by atoms with Gasteiger partial charge in [0, 0.05) is 29.4 Å². The summed E-state index contributed by atoms with van der Waals surface area (Å²) in [6.07, 6.45) is 4.68. The van der Waals surface area contributed by atoms with Gasteiger partial charge in [0.25, 0.3) is 0 Å². The molecule has 0 spiro atoms. The Hall–Kier alpha value is -2.64. The summed E-state index contributed by atoms with van der Waals surface area (Å²) in [6, 6.07) is 15.9. The summed E-state index contributed by atoms with van der Waals surface area (Å²) >= 11 is 1.89. The van der Waals surface area contributed by atoms with Crippen LogP contribution >= 0.6 is 11.8 Å². The maximum atomic E-state index is 15.6. The Labute approximate surface area is 229 Å². The lowest BCUT2D eigenvalue weighted by molar-refractivity contribution is -0.137. The van der Waals surface area contributed by atoms with Crippen molar-refractivity contribution in [3.8, 4) is 5.75 Å². The molecule has 5 nitrogen and oxygen atoms in total.